The van der Waals surface area contributed by atoms with Crippen LogP contribution in [0.1, 0.15) is 82.4 Å². The molecule has 2 aliphatic heterocycles. The Hall–Kier alpha value is -2.78. The van der Waals surface area contributed by atoms with Gasteiger partial charge in [-0.15, -0.1) is 0 Å². The van der Waals surface area contributed by atoms with Crippen molar-refractivity contribution in [1.82, 2.24) is 14.5 Å². The third-order valence-corrected chi connectivity index (χ3v) is 9.54. The standard InChI is InChI=1S/C30H40N4O5/c1-38-32-26(10-11-28(35)36)29-30(37)34(27-9-5-4-8-25(27)31-29)22-15-23-17-39-18-24(16-22)33(23)21-13-19-6-2-3-7-20(12-19)14-21/h4-5,8-9,19-24H,2-3,6-7,10-18H2,1H3,(H,35,36)/t19-,20?,21?,23+,24+/m1/s1. The maximum absolute atomic E-state index is 14.1. The van der Waals surface area contributed by atoms with E-state index in [4.69, 9.17) is 9.57 Å². The number of carbonyl (C=O) groups is 1. The van der Waals surface area contributed by atoms with E-state index in [1.54, 1.807) is 0 Å². The van der Waals surface area contributed by atoms with Gasteiger partial charge in [0.05, 0.1) is 30.7 Å². The van der Waals surface area contributed by atoms with Gasteiger partial charge in [0.25, 0.3) is 5.56 Å². The second-order valence-electron chi connectivity index (χ2n) is 12.0. The molecule has 6 rings (SSSR count). The quantitative estimate of drug-likeness (QED) is 0.414. The first-order valence-corrected chi connectivity index (χ1v) is 14.7. The third kappa shape index (κ3) is 5.35. The van der Waals surface area contributed by atoms with Gasteiger partial charge in [-0.3, -0.25) is 14.5 Å². The van der Waals surface area contributed by atoms with Gasteiger partial charge in [-0.2, -0.15) is 0 Å². The molecule has 4 aliphatic rings. The van der Waals surface area contributed by atoms with E-state index in [2.05, 4.69) is 15.0 Å². The Morgan fingerprint density at radius 3 is 2.36 bits per heavy atom. The summed E-state index contributed by atoms with van der Waals surface area (Å²) in [5.74, 6) is 0.756. The number of piperidine rings is 1. The number of aromatic nitrogens is 2. The zero-order valence-electron chi connectivity index (χ0n) is 22.8. The van der Waals surface area contributed by atoms with E-state index in [9.17, 15) is 14.7 Å². The molecule has 210 valence electrons. The molecule has 0 radical (unpaired) electrons. The van der Waals surface area contributed by atoms with Gasteiger partial charge < -0.3 is 19.2 Å². The number of oxime groups is 1. The van der Waals surface area contributed by atoms with Gasteiger partial charge in [-0.1, -0.05) is 43.0 Å². The number of aliphatic carboxylic acids is 1. The van der Waals surface area contributed by atoms with Gasteiger partial charge in [-0.05, 0) is 56.1 Å². The minimum Gasteiger partial charge on any atom is -0.481 e. The van der Waals surface area contributed by atoms with Crippen molar-refractivity contribution < 1.29 is 19.5 Å². The van der Waals surface area contributed by atoms with Crippen LogP contribution in [0.25, 0.3) is 11.0 Å². The molecule has 0 spiro atoms. The van der Waals surface area contributed by atoms with Crippen molar-refractivity contribution >= 4 is 22.7 Å². The molecule has 0 amide bonds. The van der Waals surface area contributed by atoms with E-state index in [0.717, 1.165) is 30.2 Å². The average molecular weight is 537 g/mol. The smallest absolute Gasteiger partial charge is 0.303 e. The van der Waals surface area contributed by atoms with Crippen molar-refractivity contribution in [2.45, 2.75) is 94.8 Å². The zero-order valence-corrected chi connectivity index (χ0v) is 22.8. The molecule has 1 N–H and O–H groups in total. The minimum atomic E-state index is -0.956. The van der Waals surface area contributed by atoms with Gasteiger partial charge in [0, 0.05) is 30.6 Å². The lowest BCUT2D eigenvalue weighted by Gasteiger charge is -2.54. The Morgan fingerprint density at radius 1 is 1.00 bits per heavy atom. The summed E-state index contributed by atoms with van der Waals surface area (Å²) in [6.07, 6.45) is 11.2. The van der Waals surface area contributed by atoms with E-state index < -0.39 is 5.97 Å². The molecule has 9 heteroatoms. The summed E-state index contributed by atoms with van der Waals surface area (Å²) in [6.45, 7) is 1.41. The second kappa shape index (κ2) is 11.4. The summed E-state index contributed by atoms with van der Waals surface area (Å²) in [5, 5.41) is 13.3. The number of para-hydroxylation sites is 2. The van der Waals surface area contributed by atoms with Crippen LogP contribution in [0.3, 0.4) is 0 Å². The predicted molar refractivity (Wildman–Crippen MR) is 148 cm³/mol. The molecule has 2 unspecified atom stereocenters. The fourth-order valence-electron chi connectivity index (χ4n) is 8.08. The summed E-state index contributed by atoms with van der Waals surface area (Å²) in [4.78, 5) is 37.8. The summed E-state index contributed by atoms with van der Waals surface area (Å²) >= 11 is 0. The van der Waals surface area contributed by atoms with Crippen molar-refractivity contribution in [3.63, 3.8) is 0 Å². The van der Waals surface area contributed by atoms with Gasteiger partial charge in [0.1, 0.15) is 12.8 Å². The topological polar surface area (TPSA) is 106 Å². The van der Waals surface area contributed by atoms with Crippen LogP contribution in [0.15, 0.2) is 34.2 Å². The molecule has 39 heavy (non-hydrogen) atoms. The molecule has 5 atom stereocenters. The highest BCUT2D eigenvalue weighted by molar-refractivity contribution is 6.00. The summed E-state index contributed by atoms with van der Waals surface area (Å²) < 4.78 is 8.00. The van der Waals surface area contributed by atoms with Gasteiger partial charge in [0.15, 0.2) is 5.69 Å². The SMILES string of the molecule is CON=C(CCC(=O)O)c1nc2ccccc2n(C2C[C@H]3COC[C@H](C2)N3C2CC3CCCC[C@H](C3)C2)c1=O. The van der Waals surface area contributed by atoms with E-state index in [1.165, 1.54) is 52.1 Å². The van der Waals surface area contributed by atoms with E-state index >= 15 is 0 Å². The lowest BCUT2D eigenvalue weighted by atomic mass is 9.75. The van der Waals surface area contributed by atoms with Crippen LogP contribution in [0.4, 0.5) is 0 Å². The summed E-state index contributed by atoms with van der Waals surface area (Å²) in [7, 11) is 1.40. The number of hydrogen-bond acceptors (Lipinski definition) is 7. The lowest BCUT2D eigenvalue weighted by molar-refractivity contribution is -0.136. The average Bonchev–Trinajstić information content (AvgIpc) is 3.09. The number of hydrogen-bond donors (Lipinski definition) is 1. The van der Waals surface area contributed by atoms with Crippen LogP contribution in [0.5, 0.6) is 0 Å². The predicted octanol–water partition coefficient (Wildman–Crippen LogP) is 4.38. The van der Waals surface area contributed by atoms with E-state index in [1.807, 2.05) is 28.8 Å². The first-order chi connectivity index (χ1) is 19.0. The molecule has 1 aromatic carbocycles. The Labute approximate surface area is 229 Å². The largest absolute Gasteiger partial charge is 0.481 e. The summed E-state index contributed by atoms with van der Waals surface area (Å²) in [6, 6.07) is 8.91. The number of morpholine rings is 1. The minimum absolute atomic E-state index is 0.00781. The number of rotatable bonds is 7. The van der Waals surface area contributed by atoms with Gasteiger partial charge >= 0.3 is 5.97 Å². The van der Waals surface area contributed by atoms with Gasteiger partial charge in [-0.25, -0.2) is 4.98 Å². The highest BCUT2D eigenvalue weighted by Gasteiger charge is 2.45. The number of fused-ring (bicyclic) bond motifs is 5. The van der Waals surface area contributed by atoms with E-state index in [-0.39, 0.29) is 47.9 Å². The van der Waals surface area contributed by atoms with Crippen LogP contribution in [-0.2, 0) is 14.4 Å². The van der Waals surface area contributed by atoms with E-state index in [0.29, 0.717) is 24.8 Å². The number of ether oxygens (including phenoxy) is 1. The Bertz CT molecular complexity index is 1260. The van der Waals surface area contributed by atoms with Crippen molar-refractivity contribution in [2.75, 3.05) is 20.3 Å². The molecular formula is C30H40N4O5. The lowest BCUT2D eigenvalue weighted by Crippen LogP contribution is -2.62. The third-order valence-electron chi connectivity index (χ3n) is 9.54. The highest BCUT2D eigenvalue weighted by atomic mass is 16.6. The molecule has 9 nitrogen and oxygen atoms in total. The number of benzene rings is 1. The van der Waals surface area contributed by atoms with Crippen LogP contribution >= 0.6 is 0 Å². The molecule has 4 fully saturated rings. The fraction of sp³-hybridized carbons (Fsp3) is 0.667. The molecule has 3 heterocycles. The van der Waals surface area contributed by atoms with Crippen LogP contribution < -0.4 is 5.56 Å². The van der Waals surface area contributed by atoms with Gasteiger partial charge in [0.2, 0.25) is 0 Å². The van der Waals surface area contributed by atoms with Crippen molar-refractivity contribution in [1.29, 1.82) is 0 Å². The second-order valence-corrected chi connectivity index (χ2v) is 12.0. The molecule has 2 aromatic rings. The Morgan fingerprint density at radius 2 is 1.69 bits per heavy atom. The zero-order chi connectivity index (χ0) is 26.9. The fourth-order valence-corrected chi connectivity index (χ4v) is 8.08. The number of carboxylic acid groups (broad SMARTS) is 1. The monoisotopic (exact) mass is 536 g/mol. The number of nitrogens with zero attached hydrogens (tertiary/aromatic N) is 4. The molecule has 2 saturated carbocycles. The molecule has 4 bridgehead atoms. The first-order valence-electron chi connectivity index (χ1n) is 14.7. The maximum Gasteiger partial charge on any atom is 0.303 e. The molecular weight excluding hydrogens is 496 g/mol. The molecule has 2 aliphatic carbocycles. The van der Waals surface area contributed by atoms with Crippen molar-refractivity contribution in [2.24, 2.45) is 17.0 Å². The van der Waals surface area contributed by atoms with Crippen LogP contribution in [0, 0.1) is 11.8 Å². The normalized spacial score (nSPS) is 31.6. The Kier molecular flexibility index (Phi) is 7.71. The Balaban J connectivity index is 1.34. The summed E-state index contributed by atoms with van der Waals surface area (Å²) in [5.41, 5.74) is 1.73. The highest BCUT2D eigenvalue weighted by Crippen LogP contribution is 2.44. The van der Waals surface area contributed by atoms with Crippen LogP contribution in [-0.4, -0.2) is 69.7 Å². The maximum atomic E-state index is 14.1. The molecule has 2 saturated heterocycles. The van der Waals surface area contributed by atoms with Crippen LogP contribution in [0.2, 0.25) is 0 Å². The molecule has 1 aromatic heterocycles. The first kappa shape index (κ1) is 26.4. The van der Waals surface area contributed by atoms with Crippen molar-refractivity contribution in [3.05, 3.63) is 40.3 Å². The van der Waals surface area contributed by atoms with Crippen molar-refractivity contribution in [3.8, 4) is 0 Å². The number of carboxylic acids is 1.